The topological polar surface area (TPSA) is 143 Å². The van der Waals surface area contributed by atoms with E-state index in [-0.39, 0.29) is 49.1 Å². The van der Waals surface area contributed by atoms with Crippen LogP contribution in [0.15, 0.2) is 33.0 Å². The molecule has 48 heavy (non-hydrogen) atoms. The minimum Gasteiger partial charge on any atom is -0.469 e. The van der Waals surface area contributed by atoms with Gasteiger partial charge in [0.1, 0.15) is 0 Å². The summed E-state index contributed by atoms with van der Waals surface area (Å²) in [4.78, 5) is 58.8. The number of halogens is 3. The normalized spacial score (nSPS) is 16.9. The third kappa shape index (κ3) is 7.29. The average molecular weight is 669 g/mol. The van der Waals surface area contributed by atoms with Gasteiger partial charge in [-0.2, -0.15) is 13.2 Å². The van der Waals surface area contributed by atoms with Crippen LogP contribution in [-0.2, 0) is 47.7 Å². The van der Waals surface area contributed by atoms with Gasteiger partial charge < -0.3 is 24.8 Å². The number of amides is 2. The molecule has 256 valence electrons. The van der Waals surface area contributed by atoms with Gasteiger partial charge in [-0.15, -0.1) is 0 Å². The Morgan fingerprint density at radius 1 is 0.792 bits per heavy atom. The molecular weight excluding hydrogens is 629 g/mol. The van der Waals surface area contributed by atoms with E-state index in [1.807, 2.05) is 13.8 Å². The van der Waals surface area contributed by atoms with Crippen molar-refractivity contribution in [3.63, 3.8) is 0 Å². The fraction of sp³-hybridized carbons (Fsp3) is 0.400. The van der Waals surface area contributed by atoms with Crippen molar-refractivity contribution in [3.05, 3.63) is 72.3 Å². The van der Waals surface area contributed by atoms with Crippen LogP contribution in [0.4, 0.5) is 13.2 Å². The van der Waals surface area contributed by atoms with Gasteiger partial charge in [0, 0.05) is 46.1 Å². The summed E-state index contributed by atoms with van der Waals surface area (Å²) in [6, 6.07) is 0. The van der Waals surface area contributed by atoms with E-state index in [0.29, 0.717) is 50.8 Å². The Morgan fingerprint density at radius 2 is 1.40 bits per heavy atom. The first-order chi connectivity index (χ1) is 22.6. The van der Waals surface area contributed by atoms with Gasteiger partial charge in [-0.3, -0.25) is 19.2 Å². The van der Waals surface area contributed by atoms with Crippen molar-refractivity contribution in [1.82, 2.24) is 15.3 Å². The molecule has 0 atom stereocenters. The van der Waals surface area contributed by atoms with Crippen molar-refractivity contribution >= 4 is 47.7 Å². The third-order valence-electron chi connectivity index (χ3n) is 8.78. The minimum absolute atomic E-state index is 0.00523. The molecule has 0 saturated heterocycles. The van der Waals surface area contributed by atoms with Gasteiger partial charge in [-0.05, 0) is 92.5 Å². The van der Waals surface area contributed by atoms with Gasteiger partial charge in [0.05, 0.1) is 31.2 Å². The molecule has 3 N–H and O–H groups in total. The highest BCUT2D eigenvalue weighted by Crippen LogP contribution is 2.38. The molecule has 0 saturated carbocycles. The molecule has 2 aliphatic heterocycles. The van der Waals surface area contributed by atoms with Gasteiger partial charge in [0.25, 0.3) is 11.8 Å². The molecule has 2 aromatic rings. The number of aliphatic imine (C=N–C) groups is 1. The molecule has 0 fully saturated rings. The highest BCUT2D eigenvalue weighted by atomic mass is 19.4. The molecule has 10 nitrogen and oxygen atoms in total. The number of nitrogens with zero attached hydrogens (tertiary/aromatic N) is 1. The summed E-state index contributed by atoms with van der Waals surface area (Å²) in [5.41, 5.74) is 3.55. The summed E-state index contributed by atoms with van der Waals surface area (Å²) < 4.78 is 53.3. The Kier molecular flexibility index (Phi) is 10.8. The van der Waals surface area contributed by atoms with Crippen LogP contribution in [0.2, 0.25) is 0 Å². The number of esters is 2. The maximum atomic E-state index is 14.6. The zero-order chi connectivity index (χ0) is 35.5. The Morgan fingerprint density at radius 3 is 1.96 bits per heavy atom. The number of carbonyl (C=O) groups excluding carboxylic acids is 4. The third-order valence-corrected chi connectivity index (χ3v) is 8.78. The summed E-state index contributed by atoms with van der Waals surface area (Å²) in [7, 11) is 2.53. The number of ether oxygens (including phenoxy) is 2. The molecule has 0 aliphatic carbocycles. The molecule has 2 amide bonds. The smallest absolute Gasteiger partial charge is 0.418 e. The Labute approximate surface area is 275 Å². The van der Waals surface area contributed by atoms with Crippen molar-refractivity contribution in [2.75, 3.05) is 14.2 Å². The predicted molar refractivity (Wildman–Crippen MR) is 174 cm³/mol. The van der Waals surface area contributed by atoms with Crippen LogP contribution >= 0.6 is 0 Å². The standard InChI is InChI=1S/C35H39F3N4O6/c1-8-20-17(3)24(14-25-18(4)22(33(45)41-25)10-12-30(43)47-6)39-27(20)16-29-32(35(36,37)38)21(9-2)28(40-29)15-26-19(5)23(34(46)42-26)11-13-31(44)48-7/h14-16,39-40H,8-13H2,1-7H3,(H,42,46)/b24-14-,26-15-,27-16-. The largest absolute Gasteiger partial charge is 0.469 e. The molecule has 2 aromatic heterocycles. The number of hydrogen-bond donors (Lipinski definition) is 3. The average Bonchev–Trinajstić information content (AvgIpc) is 3.71. The van der Waals surface area contributed by atoms with E-state index < -0.39 is 35.5 Å². The van der Waals surface area contributed by atoms with Crippen LogP contribution in [0.25, 0.3) is 18.2 Å². The number of H-pyrrole nitrogens is 2. The van der Waals surface area contributed by atoms with E-state index in [4.69, 9.17) is 0 Å². The lowest BCUT2D eigenvalue weighted by atomic mass is 10.0. The van der Waals surface area contributed by atoms with Gasteiger partial charge in [-0.25, -0.2) is 4.99 Å². The molecule has 0 unspecified atom stereocenters. The highest BCUT2D eigenvalue weighted by Gasteiger charge is 2.38. The monoisotopic (exact) mass is 668 g/mol. The maximum Gasteiger partial charge on any atom is 0.418 e. The number of carbonyl (C=O) groups is 4. The van der Waals surface area contributed by atoms with Crippen LogP contribution in [0.5, 0.6) is 0 Å². The summed E-state index contributed by atoms with van der Waals surface area (Å²) in [5, 5.41) is 3.76. The second-order valence-electron chi connectivity index (χ2n) is 11.5. The van der Waals surface area contributed by atoms with Gasteiger partial charge in [0.15, 0.2) is 0 Å². The second kappa shape index (κ2) is 14.4. The predicted octanol–water partition coefficient (Wildman–Crippen LogP) is 4.40. The van der Waals surface area contributed by atoms with Crippen LogP contribution in [-0.4, -0.2) is 53.7 Å². The van der Waals surface area contributed by atoms with Crippen LogP contribution in [0.1, 0.15) is 87.0 Å². The lowest BCUT2D eigenvalue weighted by Crippen LogP contribution is -2.17. The zero-order valence-corrected chi connectivity index (χ0v) is 28.0. The number of aromatic amines is 2. The number of methoxy groups -OCH3 is 2. The van der Waals surface area contributed by atoms with E-state index >= 15 is 0 Å². The molecule has 2 aliphatic rings. The van der Waals surface area contributed by atoms with Gasteiger partial charge >= 0.3 is 18.1 Å². The maximum absolute atomic E-state index is 14.6. The Balaban J connectivity index is 1.82. The van der Waals surface area contributed by atoms with Crippen molar-refractivity contribution < 1.29 is 41.8 Å². The Hall–Kier alpha value is -4.94. The van der Waals surface area contributed by atoms with Crippen LogP contribution in [0.3, 0.4) is 0 Å². The molecule has 4 rings (SSSR count). The summed E-state index contributed by atoms with van der Waals surface area (Å²) >= 11 is 0. The zero-order valence-electron chi connectivity index (χ0n) is 28.0. The van der Waals surface area contributed by atoms with Crippen molar-refractivity contribution in [3.8, 4) is 0 Å². The number of nitrogens with one attached hydrogen (secondary N) is 3. The molecule has 0 spiro atoms. The number of aromatic nitrogens is 2. The van der Waals surface area contributed by atoms with E-state index in [1.165, 1.54) is 26.4 Å². The summed E-state index contributed by atoms with van der Waals surface area (Å²) in [6.45, 7) is 8.78. The quantitative estimate of drug-likeness (QED) is 0.303. The second-order valence-corrected chi connectivity index (χ2v) is 11.5. The summed E-state index contributed by atoms with van der Waals surface area (Å²) in [6.07, 6.45) is 0.833. The SMILES string of the molecule is CCc1c(/C=C2\NC(=O)C(CCC(=O)OC)=C2C)[nH]c(/C=c2\[nH]/c(=C\C3=NC(=O)C(CCC(=O)OC)=C3C)c(C)c2CC)c1C(F)(F)F. The van der Waals surface area contributed by atoms with Crippen LogP contribution in [0, 0.1) is 6.92 Å². The lowest BCUT2D eigenvalue weighted by molar-refractivity contribution is -0.141. The molecule has 0 bridgehead atoms. The first-order valence-corrected chi connectivity index (χ1v) is 15.6. The number of rotatable bonds is 11. The lowest BCUT2D eigenvalue weighted by Gasteiger charge is -2.09. The molecule has 0 aromatic carbocycles. The summed E-state index contributed by atoms with van der Waals surface area (Å²) in [5.74, 6) is -1.77. The number of allylic oxidation sites excluding steroid dienone is 2. The van der Waals surface area contributed by atoms with E-state index in [0.717, 1.165) is 11.1 Å². The molecular formula is C35H39F3N4O6. The molecule has 4 heterocycles. The van der Waals surface area contributed by atoms with Crippen molar-refractivity contribution in [1.29, 1.82) is 0 Å². The number of hydrogen-bond acceptors (Lipinski definition) is 6. The fourth-order valence-electron chi connectivity index (χ4n) is 6.07. The van der Waals surface area contributed by atoms with Gasteiger partial charge in [0.2, 0.25) is 0 Å². The first kappa shape index (κ1) is 35.9. The van der Waals surface area contributed by atoms with Gasteiger partial charge in [-0.1, -0.05) is 13.8 Å². The molecule has 13 heteroatoms. The highest BCUT2D eigenvalue weighted by molar-refractivity contribution is 6.30. The number of alkyl halides is 3. The molecule has 0 radical (unpaired) electrons. The van der Waals surface area contributed by atoms with Crippen molar-refractivity contribution in [2.24, 2.45) is 4.99 Å². The van der Waals surface area contributed by atoms with Crippen LogP contribution < -0.4 is 16.0 Å². The van der Waals surface area contributed by atoms with E-state index in [1.54, 1.807) is 26.8 Å². The van der Waals surface area contributed by atoms with E-state index in [2.05, 4.69) is 29.8 Å². The van der Waals surface area contributed by atoms with Crippen molar-refractivity contribution in [2.45, 2.75) is 79.3 Å². The fourth-order valence-corrected chi connectivity index (χ4v) is 6.07. The van der Waals surface area contributed by atoms with E-state index in [9.17, 15) is 32.3 Å². The Bertz CT molecular complexity index is 1940. The first-order valence-electron chi connectivity index (χ1n) is 15.6. The minimum atomic E-state index is -4.69.